The van der Waals surface area contributed by atoms with Crippen molar-refractivity contribution < 1.29 is 13.9 Å². The van der Waals surface area contributed by atoms with Gasteiger partial charge in [-0.15, -0.1) is 5.10 Å². The Balaban J connectivity index is 1.92. The largest absolute Gasteiger partial charge is 0.407 e. The first-order valence-corrected chi connectivity index (χ1v) is 6.51. The van der Waals surface area contributed by atoms with E-state index in [0.29, 0.717) is 38.3 Å². The SMILES string of the molecule is COCCNCc1nnc(N2CCOCC2(C)C)o1. The Hall–Kier alpha value is -1.18. The molecular weight excluding hydrogens is 248 g/mol. The van der Waals surface area contributed by atoms with Crippen LogP contribution in [0.3, 0.4) is 0 Å². The zero-order valence-electron chi connectivity index (χ0n) is 11.8. The van der Waals surface area contributed by atoms with Crippen LogP contribution in [0, 0.1) is 0 Å². The number of aromatic nitrogens is 2. The van der Waals surface area contributed by atoms with Crippen molar-refractivity contribution in [3.05, 3.63) is 5.89 Å². The highest BCUT2D eigenvalue weighted by Gasteiger charge is 2.33. The van der Waals surface area contributed by atoms with Crippen LogP contribution in [0.2, 0.25) is 0 Å². The fourth-order valence-corrected chi connectivity index (χ4v) is 2.01. The lowest BCUT2D eigenvalue weighted by atomic mass is 10.0. The van der Waals surface area contributed by atoms with Crippen LogP contribution in [0.1, 0.15) is 19.7 Å². The Morgan fingerprint density at radius 1 is 1.42 bits per heavy atom. The monoisotopic (exact) mass is 270 g/mol. The van der Waals surface area contributed by atoms with Gasteiger partial charge in [0, 0.05) is 20.2 Å². The quantitative estimate of drug-likeness (QED) is 0.751. The number of ether oxygens (including phenoxy) is 2. The van der Waals surface area contributed by atoms with Gasteiger partial charge in [-0.25, -0.2) is 0 Å². The molecule has 1 aromatic heterocycles. The van der Waals surface area contributed by atoms with Gasteiger partial charge in [0.25, 0.3) is 0 Å². The van der Waals surface area contributed by atoms with Gasteiger partial charge in [-0.05, 0) is 13.8 Å². The van der Waals surface area contributed by atoms with Gasteiger partial charge in [-0.2, -0.15) is 0 Å². The molecule has 0 radical (unpaired) electrons. The maximum atomic E-state index is 5.68. The van der Waals surface area contributed by atoms with Gasteiger partial charge in [0.2, 0.25) is 5.89 Å². The van der Waals surface area contributed by atoms with Gasteiger partial charge in [-0.1, -0.05) is 5.10 Å². The summed E-state index contributed by atoms with van der Waals surface area (Å²) < 4.78 is 16.1. The molecule has 0 spiro atoms. The van der Waals surface area contributed by atoms with Crippen LogP contribution in [-0.2, 0) is 16.0 Å². The highest BCUT2D eigenvalue weighted by Crippen LogP contribution is 2.25. The summed E-state index contributed by atoms with van der Waals surface area (Å²) in [5, 5.41) is 11.3. The third-order valence-electron chi connectivity index (χ3n) is 3.09. The molecule has 0 saturated carbocycles. The van der Waals surface area contributed by atoms with E-state index in [0.717, 1.165) is 13.1 Å². The zero-order valence-corrected chi connectivity index (χ0v) is 11.8. The Labute approximate surface area is 113 Å². The molecule has 1 aromatic rings. The highest BCUT2D eigenvalue weighted by atomic mass is 16.5. The molecule has 1 N–H and O–H groups in total. The molecule has 1 fully saturated rings. The third kappa shape index (κ3) is 3.65. The van der Waals surface area contributed by atoms with Crippen LogP contribution in [0.15, 0.2) is 4.42 Å². The van der Waals surface area contributed by atoms with Crippen molar-refractivity contribution in [1.29, 1.82) is 0 Å². The molecule has 19 heavy (non-hydrogen) atoms. The summed E-state index contributed by atoms with van der Waals surface area (Å²) >= 11 is 0. The lowest BCUT2D eigenvalue weighted by Gasteiger charge is -2.40. The summed E-state index contributed by atoms with van der Waals surface area (Å²) in [6, 6.07) is 0.567. The van der Waals surface area contributed by atoms with E-state index in [1.165, 1.54) is 0 Å². The molecule has 0 amide bonds. The molecule has 2 rings (SSSR count). The minimum absolute atomic E-state index is 0.120. The van der Waals surface area contributed by atoms with E-state index in [-0.39, 0.29) is 5.54 Å². The molecule has 0 atom stereocenters. The minimum Gasteiger partial charge on any atom is -0.407 e. The predicted octanol–water partition coefficient (Wildman–Crippen LogP) is 0.421. The minimum atomic E-state index is -0.120. The average molecular weight is 270 g/mol. The van der Waals surface area contributed by atoms with Crippen molar-refractivity contribution in [3.8, 4) is 0 Å². The summed E-state index contributed by atoms with van der Waals surface area (Å²) in [5.41, 5.74) is -0.120. The Morgan fingerprint density at radius 3 is 3.00 bits per heavy atom. The van der Waals surface area contributed by atoms with Gasteiger partial charge in [0.15, 0.2) is 0 Å². The molecule has 2 heterocycles. The van der Waals surface area contributed by atoms with Crippen LogP contribution in [0.5, 0.6) is 0 Å². The van der Waals surface area contributed by atoms with Crippen molar-refractivity contribution in [2.24, 2.45) is 0 Å². The number of anilines is 1. The molecule has 0 bridgehead atoms. The van der Waals surface area contributed by atoms with Crippen molar-refractivity contribution in [2.75, 3.05) is 44.9 Å². The van der Waals surface area contributed by atoms with E-state index < -0.39 is 0 Å². The lowest BCUT2D eigenvalue weighted by molar-refractivity contribution is 0.0610. The van der Waals surface area contributed by atoms with E-state index in [1.54, 1.807) is 7.11 Å². The Bertz CT molecular complexity index is 394. The number of methoxy groups -OCH3 is 1. The zero-order chi connectivity index (χ0) is 13.7. The van der Waals surface area contributed by atoms with E-state index in [9.17, 15) is 0 Å². The average Bonchev–Trinajstić information content (AvgIpc) is 2.82. The molecule has 1 aliphatic heterocycles. The second kappa shape index (κ2) is 6.31. The van der Waals surface area contributed by atoms with Crippen molar-refractivity contribution in [1.82, 2.24) is 15.5 Å². The maximum absolute atomic E-state index is 5.68. The molecule has 1 saturated heterocycles. The summed E-state index contributed by atoms with van der Waals surface area (Å²) in [6.07, 6.45) is 0. The summed E-state index contributed by atoms with van der Waals surface area (Å²) in [7, 11) is 1.67. The summed E-state index contributed by atoms with van der Waals surface area (Å²) in [4.78, 5) is 2.10. The molecule has 7 nitrogen and oxygen atoms in total. The number of morpholine rings is 1. The standard InChI is InChI=1S/C12H22N4O3/c1-12(2)9-18-7-5-16(12)11-15-14-10(19-11)8-13-4-6-17-3/h13H,4-9H2,1-3H3. The van der Waals surface area contributed by atoms with Crippen LogP contribution in [0.4, 0.5) is 6.01 Å². The molecule has 7 heteroatoms. The van der Waals surface area contributed by atoms with Gasteiger partial charge in [-0.3, -0.25) is 0 Å². The Kier molecular flexibility index (Phi) is 4.73. The van der Waals surface area contributed by atoms with Crippen molar-refractivity contribution in [3.63, 3.8) is 0 Å². The molecule has 0 aromatic carbocycles. The van der Waals surface area contributed by atoms with E-state index >= 15 is 0 Å². The fraction of sp³-hybridized carbons (Fsp3) is 0.833. The van der Waals surface area contributed by atoms with Gasteiger partial charge < -0.3 is 24.1 Å². The smallest absolute Gasteiger partial charge is 0.318 e. The van der Waals surface area contributed by atoms with E-state index in [4.69, 9.17) is 13.9 Å². The van der Waals surface area contributed by atoms with Gasteiger partial charge in [0.1, 0.15) is 0 Å². The first kappa shape index (κ1) is 14.2. The molecular formula is C12H22N4O3. The van der Waals surface area contributed by atoms with Crippen molar-refractivity contribution in [2.45, 2.75) is 25.9 Å². The maximum Gasteiger partial charge on any atom is 0.318 e. The summed E-state index contributed by atoms with van der Waals surface area (Å²) in [6.45, 7) is 8.31. The number of rotatable bonds is 6. The molecule has 0 aliphatic carbocycles. The van der Waals surface area contributed by atoms with Crippen molar-refractivity contribution >= 4 is 6.01 Å². The number of nitrogens with one attached hydrogen (secondary N) is 1. The molecule has 108 valence electrons. The number of hydrogen-bond acceptors (Lipinski definition) is 7. The normalized spacial score (nSPS) is 18.8. The lowest BCUT2D eigenvalue weighted by Crippen LogP contribution is -2.53. The summed E-state index contributed by atoms with van der Waals surface area (Å²) in [5.74, 6) is 0.591. The van der Waals surface area contributed by atoms with Crippen LogP contribution in [0.25, 0.3) is 0 Å². The van der Waals surface area contributed by atoms with Gasteiger partial charge in [0.05, 0.1) is 31.9 Å². The molecule has 0 unspecified atom stereocenters. The second-order valence-corrected chi connectivity index (χ2v) is 5.16. The van der Waals surface area contributed by atoms with Gasteiger partial charge >= 0.3 is 6.01 Å². The topological polar surface area (TPSA) is 72.7 Å². The van der Waals surface area contributed by atoms with Crippen LogP contribution < -0.4 is 10.2 Å². The van der Waals surface area contributed by atoms with Crippen LogP contribution in [-0.4, -0.2) is 55.8 Å². The Morgan fingerprint density at radius 2 is 2.26 bits per heavy atom. The van der Waals surface area contributed by atoms with E-state index in [2.05, 4.69) is 34.3 Å². The highest BCUT2D eigenvalue weighted by molar-refractivity contribution is 5.30. The predicted molar refractivity (Wildman–Crippen MR) is 70.1 cm³/mol. The number of hydrogen-bond donors (Lipinski definition) is 1. The number of nitrogens with zero attached hydrogens (tertiary/aromatic N) is 3. The first-order chi connectivity index (χ1) is 9.13. The first-order valence-electron chi connectivity index (χ1n) is 6.51. The fourth-order valence-electron chi connectivity index (χ4n) is 2.01. The van der Waals surface area contributed by atoms with Crippen LogP contribution >= 0.6 is 0 Å². The molecule has 1 aliphatic rings. The second-order valence-electron chi connectivity index (χ2n) is 5.16. The third-order valence-corrected chi connectivity index (χ3v) is 3.09. The van der Waals surface area contributed by atoms with E-state index in [1.807, 2.05) is 0 Å².